The van der Waals surface area contributed by atoms with Gasteiger partial charge in [0.1, 0.15) is 0 Å². The SMILES string of the molecule is Cl.Cl.OCCNCCNCc1cccs1. The van der Waals surface area contributed by atoms with Gasteiger partial charge >= 0.3 is 0 Å². The molecule has 3 nitrogen and oxygen atoms in total. The van der Waals surface area contributed by atoms with Gasteiger partial charge in [0.05, 0.1) is 6.61 Å². The smallest absolute Gasteiger partial charge is 0.0555 e. The van der Waals surface area contributed by atoms with Crippen molar-refractivity contribution in [2.75, 3.05) is 26.2 Å². The van der Waals surface area contributed by atoms with E-state index in [1.165, 1.54) is 4.88 Å². The lowest BCUT2D eigenvalue weighted by atomic mass is 10.4. The third kappa shape index (κ3) is 9.11. The van der Waals surface area contributed by atoms with Crippen LogP contribution in [-0.2, 0) is 6.54 Å². The summed E-state index contributed by atoms with van der Waals surface area (Å²) >= 11 is 1.77. The van der Waals surface area contributed by atoms with E-state index in [1.54, 1.807) is 11.3 Å². The van der Waals surface area contributed by atoms with Crippen molar-refractivity contribution in [3.05, 3.63) is 22.4 Å². The summed E-state index contributed by atoms with van der Waals surface area (Å²) in [5.41, 5.74) is 0. The summed E-state index contributed by atoms with van der Waals surface area (Å²) in [5, 5.41) is 17.0. The Morgan fingerprint density at radius 2 is 1.87 bits per heavy atom. The quantitative estimate of drug-likeness (QED) is 0.655. The first-order valence-electron chi connectivity index (χ1n) is 4.48. The number of nitrogens with one attached hydrogen (secondary N) is 2. The number of hydrogen-bond acceptors (Lipinski definition) is 4. The molecule has 6 heteroatoms. The monoisotopic (exact) mass is 272 g/mol. The minimum Gasteiger partial charge on any atom is -0.395 e. The molecule has 0 aliphatic heterocycles. The summed E-state index contributed by atoms with van der Waals surface area (Å²) in [6.45, 7) is 3.69. The fraction of sp³-hybridized carbons (Fsp3) is 0.556. The minimum atomic E-state index is 0. The molecule has 0 unspecified atom stereocenters. The third-order valence-electron chi connectivity index (χ3n) is 1.65. The van der Waals surface area contributed by atoms with Gasteiger partial charge in [0, 0.05) is 31.1 Å². The highest BCUT2D eigenvalue weighted by atomic mass is 35.5. The molecule has 1 aromatic heterocycles. The van der Waals surface area contributed by atoms with Crippen LogP contribution in [0.4, 0.5) is 0 Å². The van der Waals surface area contributed by atoms with Crippen LogP contribution in [-0.4, -0.2) is 31.3 Å². The molecular formula is C9H18Cl2N2OS. The zero-order chi connectivity index (χ0) is 9.36. The van der Waals surface area contributed by atoms with Crippen molar-refractivity contribution in [3.63, 3.8) is 0 Å². The molecule has 0 radical (unpaired) electrons. The molecule has 0 atom stereocenters. The van der Waals surface area contributed by atoms with E-state index in [4.69, 9.17) is 5.11 Å². The normalized spacial score (nSPS) is 9.13. The Labute approximate surface area is 107 Å². The Bertz CT molecular complexity index is 210. The molecule has 1 rings (SSSR count). The van der Waals surface area contributed by atoms with Gasteiger partial charge in [0.2, 0.25) is 0 Å². The second-order valence-electron chi connectivity index (χ2n) is 2.73. The summed E-state index contributed by atoms with van der Waals surface area (Å²) in [5.74, 6) is 0. The van der Waals surface area contributed by atoms with Crippen molar-refractivity contribution in [2.24, 2.45) is 0 Å². The second kappa shape index (κ2) is 12.2. The van der Waals surface area contributed by atoms with Crippen LogP contribution < -0.4 is 10.6 Å². The van der Waals surface area contributed by atoms with Crippen LogP contribution in [0.2, 0.25) is 0 Å². The molecule has 0 saturated heterocycles. The molecule has 0 aromatic carbocycles. The standard InChI is InChI=1S/C9H16N2OS.2ClH/c12-6-5-10-3-4-11-8-9-2-1-7-13-9;;/h1-2,7,10-12H,3-6,8H2;2*1H. The predicted molar refractivity (Wildman–Crippen MR) is 70.5 cm³/mol. The summed E-state index contributed by atoms with van der Waals surface area (Å²) in [7, 11) is 0. The van der Waals surface area contributed by atoms with E-state index < -0.39 is 0 Å². The molecule has 0 aliphatic carbocycles. The summed E-state index contributed by atoms with van der Waals surface area (Å²) in [4.78, 5) is 1.36. The first kappa shape index (κ1) is 17.6. The van der Waals surface area contributed by atoms with Crippen LogP contribution in [0.15, 0.2) is 17.5 Å². The molecule has 1 aromatic rings. The number of thiophene rings is 1. The number of aliphatic hydroxyl groups excluding tert-OH is 1. The van der Waals surface area contributed by atoms with Crippen molar-refractivity contribution >= 4 is 36.2 Å². The van der Waals surface area contributed by atoms with Crippen LogP contribution >= 0.6 is 36.2 Å². The van der Waals surface area contributed by atoms with Crippen LogP contribution in [0.25, 0.3) is 0 Å². The van der Waals surface area contributed by atoms with Crippen molar-refractivity contribution in [1.82, 2.24) is 10.6 Å². The van der Waals surface area contributed by atoms with Gasteiger partial charge in [-0.25, -0.2) is 0 Å². The number of aliphatic hydroxyl groups is 1. The predicted octanol–water partition coefficient (Wildman–Crippen LogP) is 1.26. The molecule has 3 N–H and O–H groups in total. The lowest BCUT2D eigenvalue weighted by molar-refractivity contribution is 0.292. The minimum absolute atomic E-state index is 0. The van der Waals surface area contributed by atoms with Crippen molar-refractivity contribution in [3.8, 4) is 0 Å². The van der Waals surface area contributed by atoms with Crippen molar-refractivity contribution in [2.45, 2.75) is 6.54 Å². The molecule has 0 amide bonds. The average Bonchev–Trinajstić information content (AvgIpc) is 2.63. The molecule has 90 valence electrons. The summed E-state index contributed by atoms with van der Waals surface area (Å²) < 4.78 is 0. The van der Waals surface area contributed by atoms with Crippen LogP contribution in [0.3, 0.4) is 0 Å². The van der Waals surface area contributed by atoms with E-state index in [1.807, 2.05) is 0 Å². The van der Waals surface area contributed by atoms with Gasteiger partial charge in [-0.15, -0.1) is 36.2 Å². The summed E-state index contributed by atoms with van der Waals surface area (Å²) in [6.07, 6.45) is 0. The van der Waals surface area contributed by atoms with Crippen molar-refractivity contribution < 1.29 is 5.11 Å². The zero-order valence-electron chi connectivity index (χ0n) is 8.44. The number of rotatable bonds is 7. The molecule has 0 saturated carbocycles. The van der Waals surface area contributed by atoms with Crippen molar-refractivity contribution in [1.29, 1.82) is 0 Å². The van der Waals surface area contributed by atoms with E-state index in [0.29, 0.717) is 6.54 Å². The van der Waals surface area contributed by atoms with Gasteiger partial charge in [0.15, 0.2) is 0 Å². The number of halogens is 2. The Kier molecular flexibility index (Phi) is 14.3. The number of hydrogen-bond donors (Lipinski definition) is 3. The molecule has 0 spiro atoms. The Balaban J connectivity index is 0. The molecule has 0 fully saturated rings. The molecule has 0 aliphatic rings. The summed E-state index contributed by atoms with van der Waals surface area (Å²) in [6, 6.07) is 4.19. The average molecular weight is 273 g/mol. The third-order valence-corrected chi connectivity index (χ3v) is 2.52. The molecule has 0 bridgehead atoms. The fourth-order valence-electron chi connectivity index (χ4n) is 1.01. The first-order valence-corrected chi connectivity index (χ1v) is 5.36. The Hall–Kier alpha value is 0.160. The fourth-order valence-corrected chi connectivity index (χ4v) is 1.68. The van der Waals surface area contributed by atoms with E-state index in [-0.39, 0.29) is 31.4 Å². The maximum absolute atomic E-state index is 8.49. The first-order chi connectivity index (χ1) is 6.43. The molecular weight excluding hydrogens is 255 g/mol. The highest BCUT2D eigenvalue weighted by molar-refractivity contribution is 7.09. The van der Waals surface area contributed by atoms with E-state index in [9.17, 15) is 0 Å². The lowest BCUT2D eigenvalue weighted by Crippen LogP contribution is -2.28. The molecule has 1 heterocycles. The van der Waals surface area contributed by atoms with Gasteiger partial charge in [-0.2, -0.15) is 0 Å². The van der Waals surface area contributed by atoms with Crippen LogP contribution in [0.5, 0.6) is 0 Å². The second-order valence-corrected chi connectivity index (χ2v) is 3.76. The van der Waals surface area contributed by atoms with Crippen LogP contribution in [0, 0.1) is 0 Å². The van der Waals surface area contributed by atoms with E-state index >= 15 is 0 Å². The van der Waals surface area contributed by atoms with Gasteiger partial charge < -0.3 is 15.7 Å². The maximum Gasteiger partial charge on any atom is 0.0555 e. The topological polar surface area (TPSA) is 44.3 Å². The van der Waals surface area contributed by atoms with Crippen LogP contribution in [0.1, 0.15) is 4.88 Å². The largest absolute Gasteiger partial charge is 0.395 e. The van der Waals surface area contributed by atoms with Gasteiger partial charge in [0.25, 0.3) is 0 Å². The van der Waals surface area contributed by atoms with Gasteiger partial charge in [-0.05, 0) is 11.4 Å². The maximum atomic E-state index is 8.49. The van der Waals surface area contributed by atoms with E-state index in [2.05, 4.69) is 28.1 Å². The van der Waals surface area contributed by atoms with Gasteiger partial charge in [-0.1, -0.05) is 6.07 Å². The molecule has 15 heavy (non-hydrogen) atoms. The van der Waals surface area contributed by atoms with Gasteiger partial charge in [-0.3, -0.25) is 0 Å². The Morgan fingerprint density at radius 3 is 2.47 bits per heavy atom. The highest BCUT2D eigenvalue weighted by Gasteiger charge is 1.91. The van der Waals surface area contributed by atoms with E-state index in [0.717, 1.165) is 19.6 Å². The zero-order valence-corrected chi connectivity index (χ0v) is 10.9. The lowest BCUT2D eigenvalue weighted by Gasteiger charge is -2.03. The Morgan fingerprint density at radius 1 is 1.13 bits per heavy atom. The highest BCUT2D eigenvalue weighted by Crippen LogP contribution is 2.06.